The molecule has 0 aliphatic carbocycles. The fraction of sp³-hybridized carbons (Fsp3) is 0.130. The zero-order valence-corrected chi connectivity index (χ0v) is 15.5. The highest BCUT2D eigenvalue weighted by Gasteiger charge is 2.09. The third kappa shape index (κ3) is 4.68. The molecule has 140 valence electrons. The predicted molar refractivity (Wildman–Crippen MR) is 106 cm³/mol. The molecule has 28 heavy (non-hydrogen) atoms. The van der Waals surface area contributed by atoms with E-state index in [-0.39, 0.29) is 12.5 Å². The van der Waals surface area contributed by atoms with Crippen LogP contribution in [0.3, 0.4) is 0 Å². The highest BCUT2D eigenvalue weighted by molar-refractivity contribution is 5.94. The molecule has 0 aliphatic rings. The summed E-state index contributed by atoms with van der Waals surface area (Å²) in [6.07, 6.45) is 0. The average molecular weight is 372 g/mol. The summed E-state index contributed by atoms with van der Waals surface area (Å²) in [7, 11) is 1.60. The first-order valence-corrected chi connectivity index (χ1v) is 8.82. The SMILES string of the molecule is COc1ccccc1CNC(=O)c1cccc(OCc2ccccc2C#N)c1. The van der Waals surface area contributed by atoms with Gasteiger partial charge in [-0.3, -0.25) is 4.79 Å². The molecular formula is C23H20N2O3. The molecule has 0 unspecified atom stereocenters. The van der Waals surface area contributed by atoms with Gasteiger partial charge in [0.25, 0.3) is 5.91 Å². The van der Waals surface area contributed by atoms with Crippen LogP contribution in [0, 0.1) is 11.3 Å². The molecular weight excluding hydrogens is 352 g/mol. The second-order valence-electron chi connectivity index (χ2n) is 6.08. The number of amides is 1. The zero-order valence-electron chi connectivity index (χ0n) is 15.5. The summed E-state index contributed by atoms with van der Waals surface area (Å²) in [6.45, 7) is 0.625. The number of benzene rings is 3. The first kappa shape index (κ1) is 19.0. The van der Waals surface area contributed by atoms with Gasteiger partial charge in [-0.1, -0.05) is 42.5 Å². The van der Waals surface area contributed by atoms with Gasteiger partial charge in [0.15, 0.2) is 0 Å². The molecule has 1 N–H and O–H groups in total. The van der Waals surface area contributed by atoms with Crippen molar-refractivity contribution in [2.24, 2.45) is 0 Å². The summed E-state index contributed by atoms with van der Waals surface area (Å²) in [5, 5.41) is 12.0. The van der Waals surface area contributed by atoms with Gasteiger partial charge >= 0.3 is 0 Å². The van der Waals surface area contributed by atoms with Crippen LogP contribution in [0.4, 0.5) is 0 Å². The van der Waals surface area contributed by atoms with Crippen molar-refractivity contribution in [1.29, 1.82) is 5.26 Å². The summed E-state index contributed by atoms with van der Waals surface area (Å²) in [6, 6.07) is 23.9. The number of nitrogens with zero attached hydrogens (tertiary/aromatic N) is 1. The number of hydrogen-bond acceptors (Lipinski definition) is 4. The van der Waals surface area contributed by atoms with E-state index in [1.54, 1.807) is 37.4 Å². The minimum absolute atomic E-state index is 0.200. The topological polar surface area (TPSA) is 71.3 Å². The monoisotopic (exact) mass is 372 g/mol. The molecule has 3 aromatic rings. The second kappa shape index (κ2) is 9.24. The molecule has 5 heteroatoms. The molecule has 0 atom stereocenters. The quantitative estimate of drug-likeness (QED) is 0.678. The second-order valence-corrected chi connectivity index (χ2v) is 6.08. The number of rotatable bonds is 7. The molecule has 0 heterocycles. The molecule has 1 amide bonds. The number of carbonyl (C=O) groups excluding carboxylic acids is 1. The molecule has 0 radical (unpaired) electrons. The van der Waals surface area contributed by atoms with E-state index >= 15 is 0 Å². The molecule has 0 aromatic heterocycles. The third-order valence-electron chi connectivity index (χ3n) is 4.26. The van der Waals surface area contributed by atoms with E-state index in [9.17, 15) is 4.79 Å². The first-order chi connectivity index (χ1) is 13.7. The summed E-state index contributed by atoms with van der Waals surface area (Å²) >= 11 is 0. The smallest absolute Gasteiger partial charge is 0.251 e. The minimum Gasteiger partial charge on any atom is -0.496 e. The van der Waals surface area contributed by atoms with Gasteiger partial charge in [-0.25, -0.2) is 0 Å². The van der Waals surface area contributed by atoms with Crippen LogP contribution in [0.2, 0.25) is 0 Å². The highest BCUT2D eigenvalue weighted by atomic mass is 16.5. The van der Waals surface area contributed by atoms with Crippen molar-refractivity contribution in [3.05, 3.63) is 95.1 Å². The third-order valence-corrected chi connectivity index (χ3v) is 4.26. The fourth-order valence-corrected chi connectivity index (χ4v) is 2.77. The molecule has 0 saturated heterocycles. The Labute approximate surface area is 164 Å². The van der Waals surface area contributed by atoms with E-state index in [0.717, 1.165) is 16.9 Å². The molecule has 0 saturated carbocycles. The van der Waals surface area contributed by atoms with E-state index < -0.39 is 0 Å². The average Bonchev–Trinajstić information content (AvgIpc) is 2.76. The van der Waals surface area contributed by atoms with Crippen molar-refractivity contribution >= 4 is 5.91 Å². The Morgan fingerprint density at radius 2 is 1.75 bits per heavy atom. The Morgan fingerprint density at radius 3 is 2.54 bits per heavy atom. The lowest BCUT2D eigenvalue weighted by Crippen LogP contribution is -2.23. The Hall–Kier alpha value is -3.78. The van der Waals surface area contributed by atoms with Crippen molar-refractivity contribution in [3.8, 4) is 17.6 Å². The van der Waals surface area contributed by atoms with E-state index in [2.05, 4.69) is 11.4 Å². The number of hydrogen-bond donors (Lipinski definition) is 1. The maximum atomic E-state index is 12.5. The van der Waals surface area contributed by atoms with Gasteiger partial charge in [-0.05, 0) is 30.3 Å². The Morgan fingerprint density at radius 1 is 1.00 bits per heavy atom. The molecule has 0 aliphatic heterocycles. The van der Waals surface area contributed by atoms with Crippen LogP contribution in [0.5, 0.6) is 11.5 Å². The summed E-state index contributed by atoms with van der Waals surface area (Å²) in [4.78, 5) is 12.5. The Kier molecular flexibility index (Phi) is 6.27. The van der Waals surface area contributed by atoms with Gasteiger partial charge < -0.3 is 14.8 Å². The lowest BCUT2D eigenvalue weighted by atomic mass is 10.1. The summed E-state index contributed by atoms with van der Waals surface area (Å²) < 4.78 is 11.1. The fourth-order valence-electron chi connectivity index (χ4n) is 2.77. The maximum absolute atomic E-state index is 12.5. The Balaban J connectivity index is 1.64. The molecule has 0 fully saturated rings. The van der Waals surface area contributed by atoms with Crippen LogP contribution < -0.4 is 14.8 Å². The predicted octanol–water partition coefficient (Wildman–Crippen LogP) is 4.08. The Bertz CT molecular complexity index is 1010. The van der Waals surface area contributed by atoms with E-state index in [1.165, 1.54) is 0 Å². The standard InChI is InChI=1S/C23H20N2O3/c1-27-22-12-5-4-8-19(22)15-25-23(26)17-10-6-11-21(13-17)28-16-20-9-3-2-7-18(20)14-24/h2-13H,15-16H2,1H3,(H,25,26). The number of methoxy groups -OCH3 is 1. The van der Waals surface area contributed by atoms with Gasteiger partial charge in [-0.2, -0.15) is 5.26 Å². The van der Waals surface area contributed by atoms with Crippen LogP contribution in [-0.2, 0) is 13.2 Å². The van der Waals surface area contributed by atoms with Gasteiger partial charge in [0.05, 0.1) is 18.7 Å². The maximum Gasteiger partial charge on any atom is 0.251 e. The number of nitriles is 1. The number of para-hydroxylation sites is 1. The van der Waals surface area contributed by atoms with Crippen molar-refractivity contribution in [1.82, 2.24) is 5.32 Å². The van der Waals surface area contributed by atoms with E-state index in [4.69, 9.17) is 14.7 Å². The van der Waals surface area contributed by atoms with Crippen LogP contribution >= 0.6 is 0 Å². The number of carbonyl (C=O) groups is 1. The molecule has 0 spiro atoms. The van der Waals surface area contributed by atoms with E-state index in [1.807, 2.05) is 42.5 Å². The minimum atomic E-state index is -0.200. The highest BCUT2D eigenvalue weighted by Crippen LogP contribution is 2.19. The molecule has 5 nitrogen and oxygen atoms in total. The molecule has 3 aromatic carbocycles. The first-order valence-electron chi connectivity index (χ1n) is 8.82. The van der Waals surface area contributed by atoms with Crippen LogP contribution in [0.25, 0.3) is 0 Å². The zero-order chi connectivity index (χ0) is 19.8. The van der Waals surface area contributed by atoms with Gasteiger partial charge in [0.1, 0.15) is 18.1 Å². The number of ether oxygens (including phenoxy) is 2. The lowest BCUT2D eigenvalue weighted by molar-refractivity contribution is 0.0950. The van der Waals surface area contributed by atoms with Crippen molar-refractivity contribution in [3.63, 3.8) is 0 Å². The van der Waals surface area contributed by atoms with Crippen molar-refractivity contribution in [2.75, 3.05) is 7.11 Å². The van der Waals surface area contributed by atoms with Gasteiger partial charge in [-0.15, -0.1) is 0 Å². The van der Waals surface area contributed by atoms with Crippen LogP contribution in [0.1, 0.15) is 27.0 Å². The molecule has 3 rings (SSSR count). The van der Waals surface area contributed by atoms with Gasteiger partial charge in [0, 0.05) is 23.2 Å². The van der Waals surface area contributed by atoms with E-state index in [0.29, 0.717) is 23.4 Å². The summed E-state index contributed by atoms with van der Waals surface area (Å²) in [5.74, 6) is 1.10. The largest absolute Gasteiger partial charge is 0.496 e. The lowest BCUT2D eigenvalue weighted by Gasteiger charge is -2.11. The van der Waals surface area contributed by atoms with Crippen LogP contribution in [-0.4, -0.2) is 13.0 Å². The van der Waals surface area contributed by atoms with Crippen molar-refractivity contribution in [2.45, 2.75) is 13.2 Å². The van der Waals surface area contributed by atoms with Crippen molar-refractivity contribution < 1.29 is 14.3 Å². The van der Waals surface area contributed by atoms with Gasteiger partial charge in [0.2, 0.25) is 0 Å². The number of nitrogens with one attached hydrogen (secondary N) is 1. The normalized spacial score (nSPS) is 10.0. The summed E-state index contributed by atoms with van der Waals surface area (Å²) in [5.41, 5.74) is 2.78. The molecule has 0 bridgehead atoms. The van der Waals surface area contributed by atoms with Crippen LogP contribution in [0.15, 0.2) is 72.8 Å².